The van der Waals surface area contributed by atoms with Gasteiger partial charge in [0.1, 0.15) is 0 Å². The first-order chi connectivity index (χ1) is 9.92. The third-order valence-corrected chi connectivity index (χ3v) is 4.43. The maximum Gasteiger partial charge on any atom is 0.0711 e. The van der Waals surface area contributed by atoms with Crippen LogP contribution in [0.4, 0.5) is 0 Å². The van der Waals surface area contributed by atoms with E-state index >= 15 is 0 Å². The molecule has 0 unspecified atom stereocenters. The van der Waals surface area contributed by atoms with Crippen LogP contribution in [0.5, 0.6) is 0 Å². The van der Waals surface area contributed by atoms with E-state index in [2.05, 4.69) is 17.4 Å². The van der Waals surface area contributed by atoms with Crippen molar-refractivity contribution in [1.29, 1.82) is 0 Å². The lowest BCUT2D eigenvalue weighted by atomic mass is 9.95. The Balaban J connectivity index is 1.37. The van der Waals surface area contributed by atoms with Crippen molar-refractivity contribution in [3.8, 4) is 0 Å². The van der Waals surface area contributed by atoms with E-state index in [0.29, 0.717) is 6.10 Å². The van der Waals surface area contributed by atoms with Gasteiger partial charge >= 0.3 is 0 Å². The van der Waals surface area contributed by atoms with E-state index < -0.39 is 0 Å². The maximum absolute atomic E-state index is 5.85. The number of unbranched alkanes of at least 4 members (excludes halogenated alkanes) is 1. The highest BCUT2D eigenvalue weighted by atomic mass is 16.5. The molecule has 0 amide bonds. The van der Waals surface area contributed by atoms with E-state index in [1.165, 1.54) is 55.5 Å². The quantitative estimate of drug-likeness (QED) is 0.810. The fourth-order valence-corrected chi connectivity index (χ4v) is 3.20. The third kappa shape index (κ3) is 3.80. The molecule has 0 saturated carbocycles. The van der Waals surface area contributed by atoms with E-state index in [-0.39, 0.29) is 0 Å². The van der Waals surface area contributed by atoms with Gasteiger partial charge in [-0.15, -0.1) is 0 Å². The topological polar surface area (TPSA) is 34.1 Å². The fraction of sp³-hybridized carbons (Fsp3) is 0.706. The van der Waals surface area contributed by atoms with Gasteiger partial charge in [-0.05, 0) is 69.5 Å². The van der Waals surface area contributed by atoms with Gasteiger partial charge in [-0.1, -0.05) is 6.07 Å². The lowest BCUT2D eigenvalue weighted by molar-refractivity contribution is 0.0645. The summed E-state index contributed by atoms with van der Waals surface area (Å²) in [5, 5.41) is 3.33. The van der Waals surface area contributed by atoms with E-state index in [1.807, 2.05) is 0 Å². The number of pyridine rings is 1. The van der Waals surface area contributed by atoms with Gasteiger partial charge in [0.2, 0.25) is 0 Å². The molecule has 1 N–H and O–H groups in total. The number of hydrogen-bond acceptors (Lipinski definition) is 3. The average molecular weight is 274 g/mol. The summed E-state index contributed by atoms with van der Waals surface area (Å²) < 4.78 is 5.85. The summed E-state index contributed by atoms with van der Waals surface area (Å²) in [6.07, 6.45) is 10.1. The van der Waals surface area contributed by atoms with Crippen LogP contribution in [0, 0.1) is 0 Å². The van der Waals surface area contributed by atoms with Crippen LogP contribution < -0.4 is 5.32 Å². The number of nitrogens with one attached hydrogen (secondary N) is 1. The monoisotopic (exact) mass is 274 g/mol. The number of aryl methyl sites for hydroxylation is 3. The smallest absolute Gasteiger partial charge is 0.0711 e. The van der Waals surface area contributed by atoms with Gasteiger partial charge in [-0.2, -0.15) is 0 Å². The molecule has 0 aromatic carbocycles. The predicted molar refractivity (Wildman–Crippen MR) is 81.0 cm³/mol. The van der Waals surface area contributed by atoms with Crippen molar-refractivity contribution in [1.82, 2.24) is 10.3 Å². The number of aromatic nitrogens is 1. The summed E-state index contributed by atoms with van der Waals surface area (Å²) in [4.78, 5) is 4.84. The van der Waals surface area contributed by atoms with Crippen molar-refractivity contribution in [2.24, 2.45) is 0 Å². The molecule has 1 aliphatic carbocycles. The molecule has 3 nitrogen and oxygen atoms in total. The summed E-state index contributed by atoms with van der Waals surface area (Å²) in [6.45, 7) is 3.05. The second-order valence-electron chi connectivity index (χ2n) is 6.06. The SMILES string of the molecule is c1cc2c(nc1CCCCO[C@@H]1CCNC1)CCCC2. The normalized spacial score (nSPS) is 21.9. The Kier molecular flexibility index (Phi) is 5.04. The zero-order valence-corrected chi connectivity index (χ0v) is 12.4. The molecular weight excluding hydrogens is 248 g/mol. The third-order valence-electron chi connectivity index (χ3n) is 4.43. The Morgan fingerprint density at radius 2 is 2.15 bits per heavy atom. The summed E-state index contributed by atoms with van der Waals surface area (Å²) in [7, 11) is 0. The van der Waals surface area contributed by atoms with Crippen LogP contribution in [0.25, 0.3) is 0 Å². The minimum atomic E-state index is 0.455. The molecule has 2 heterocycles. The van der Waals surface area contributed by atoms with Gasteiger partial charge in [0.15, 0.2) is 0 Å². The standard InChI is InChI=1S/C17H26N2O/c1-2-7-17-14(5-1)8-9-15(19-17)6-3-4-12-20-16-10-11-18-13-16/h8-9,16,18H,1-7,10-13H2/t16-/m1/s1. The molecule has 1 atom stereocenters. The number of rotatable bonds is 6. The minimum absolute atomic E-state index is 0.455. The molecule has 3 rings (SSSR count). The van der Waals surface area contributed by atoms with Crippen LogP contribution in [0.2, 0.25) is 0 Å². The Morgan fingerprint density at radius 3 is 3.05 bits per heavy atom. The summed E-state index contributed by atoms with van der Waals surface area (Å²) in [6, 6.07) is 4.53. The first-order valence-corrected chi connectivity index (χ1v) is 8.22. The summed E-state index contributed by atoms with van der Waals surface area (Å²) in [5.41, 5.74) is 4.12. The van der Waals surface area contributed by atoms with Crippen molar-refractivity contribution in [2.75, 3.05) is 19.7 Å². The molecule has 2 aliphatic rings. The van der Waals surface area contributed by atoms with Crippen LogP contribution in [-0.4, -0.2) is 30.8 Å². The van der Waals surface area contributed by atoms with Gasteiger partial charge in [-0.3, -0.25) is 4.98 Å². The molecule has 1 saturated heterocycles. The molecule has 110 valence electrons. The molecule has 1 aliphatic heterocycles. The fourth-order valence-electron chi connectivity index (χ4n) is 3.20. The molecule has 20 heavy (non-hydrogen) atoms. The molecule has 3 heteroatoms. The van der Waals surface area contributed by atoms with Crippen LogP contribution >= 0.6 is 0 Å². The molecule has 0 bridgehead atoms. The second-order valence-corrected chi connectivity index (χ2v) is 6.06. The Labute approximate surface area is 122 Å². The van der Waals surface area contributed by atoms with Crippen molar-refractivity contribution >= 4 is 0 Å². The number of hydrogen-bond donors (Lipinski definition) is 1. The van der Waals surface area contributed by atoms with Crippen molar-refractivity contribution in [2.45, 2.75) is 57.5 Å². The van der Waals surface area contributed by atoms with E-state index in [0.717, 1.165) is 32.5 Å². The average Bonchev–Trinajstić information content (AvgIpc) is 3.00. The van der Waals surface area contributed by atoms with Gasteiger partial charge in [0.25, 0.3) is 0 Å². The molecular formula is C17H26N2O. The largest absolute Gasteiger partial charge is 0.377 e. The Morgan fingerprint density at radius 1 is 1.20 bits per heavy atom. The van der Waals surface area contributed by atoms with Gasteiger partial charge < -0.3 is 10.1 Å². The van der Waals surface area contributed by atoms with Crippen LogP contribution in [0.3, 0.4) is 0 Å². The molecule has 1 fully saturated rings. The Bertz CT molecular complexity index is 427. The number of nitrogens with zero attached hydrogens (tertiary/aromatic N) is 1. The highest BCUT2D eigenvalue weighted by Gasteiger charge is 2.14. The number of ether oxygens (including phenoxy) is 1. The van der Waals surface area contributed by atoms with Crippen molar-refractivity contribution in [3.05, 3.63) is 29.1 Å². The lowest BCUT2D eigenvalue weighted by Crippen LogP contribution is -2.17. The van der Waals surface area contributed by atoms with E-state index in [1.54, 1.807) is 0 Å². The first kappa shape index (κ1) is 14.0. The number of fused-ring (bicyclic) bond motifs is 1. The van der Waals surface area contributed by atoms with E-state index in [9.17, 15) is 0 Å². The zero-order valence-electron chi connectivity index (χ0n) is 12.4. The highest BCUT2D eigenvalue weighted by molar-refractivity contribution is 5.25. The van der Waals surface area contributed by atoms with Crippen LogP contribution in [0.1, 0.15) is 49.1 Å². The summed E-state index contributed by atoms with van der Waals surface area (Å²) in [5.74, 6) is 0. The molecule has 0 radical (unpaired) electrons. The lowest BCUT2D eigenvalue weighted by Gasteiger charge is -2.15. The Hall–Kier alpha value is -0.930. The second kappa shape index (κ2) is 7.19. The molecule has 1 aromatic heterocycles. The van der Waals surface area contributed by atoms with E-state index in [4.69, 9.17) is 9.72 Å². The molecule has 1 aromatic rings. The highest BCUT2D eigenvalue weighted by Crippen LogP contribution is 2.20. The van der Waals surface area contributed by atoms with Crippen molar-refractivity contribution in [3.63, 3.8) is 0 Å². The molecule has 0 spiro atoms. The first-order valence-electron chi connectivity index (χ1n) is 8.22. The van der Waals surface area contributed by atoms with Gasteiger partial charge in [0, 0.05) is 24.5 Å². The zero-order chi connectivity index (χ0) is 13.6. The van der Waals surface area contributed by atoms with Gasteiger partial charge in [-0.25, -0.2) is 0 Å². The van der Waals surface area contributed by atoms with Crippen LogP contribution in [-0.2, 0) is 24.0 Å². The van der Waals surface area contributed by atoms with Crippen molar-refractivity contribution < 1.29 is 4.74 Å². The summed E-state index contributed by atoms with van der Waals surface area (Å²) >= 11 is 0. The van der Waals surface area contributed by atoms with Crippen LogP contribution in [0.15, 0.2) is 12.1 Å². The predicted octanol–water partition coefficient (Wildman–Crippen LogP) is 2.66. The van der Waals surface area contributed by atoms with Gasteiger partial charge in [0.05, 0.1) is 6.10 Å². The maximum atomic E-state index is 5.85. The minimum Gasteiger partial charge on any atom is -0.377 e.